The van der Waals surface area contributed by atoms with Crippen molar-refractivity contribution < 1.29 is 9.21 Å². The van der Waals surface area contributed by atoms with Crippen LogP contribution in [0.5, 0.6) is 0 Å². The van der Waals surface area contributed by atoms with Gasteiger partial charge in [-0.2, -0.15) is 5.10 Å². The molecule has 0 aliphatic heterocycles. The zero-order valence-corrected chi connectivity index (χ0v) is 13.7. The van der Waals surface area contributed by atoms with Gasteiger partial charge in [-0.25, -0.2) is 4.98 Å². The van der Waals surface area contributed by atoms with Crippen molar-refractivity contribution in [3.8, 4) is 0 Å². The van der Waals surface area contributed by atoms with E-state index in [1.165, 1.54) is 6.33 Å². The fraction of sp³-hybridized carbons (Fsp3) is 0.211. The topological polar surface area (TPSA) is 73.0 Å². The molecule has 2 aromatic heterocycles. The van der Waals surface area contributed by atoms with E-state index in [4.69, 9.17) is 4.42 Å². The van der Waals surface area contributed by atoms with Crippen LogP contribution in [0.3, 0.4) is 0 Å². The van der Waals surface area contributed by atoms with Gasteiger partial charge in [0.05, 0.1) is 12.7 Å². The number of aryl methyl sites for hydroxylation is 1. The van der Waals surface area contributed by atoms with Gasteiger partial charge in [0.15, 0.2) is 0 Å². The Bertz CT molecular complexity index is 1000. The Morgan fingerprint density at radius 2 is 2.12 bits per heavy atom. The summed E-state index contributed by atoms with van der Waals surface area (Å²) in [6.07, 6.45) is 5.98. The molecule has 1 N–H and O–H groups in total. The molecule has 1 amide bonds. The van der Waals surface area contributed by atoms with Crippen molar-refractivity contribution in [3.63, 3.8) is 0 Å². The summed E-state index contributed by atoms with van der Waals surface area (Å²) in [6, 6.07) is 12.1. The Morgan fingerprint density at radius 1 is 1.20 bits per heavy atom. The number of nitrogens with one attached hydrogen (secondary N) is 1. The number of benzene rings is 2. The van der Waals surface area contributed by atoms with Crippen LogP contribution < -0.4 is 5.32 Å². The van der Waals surface area contributed by atoms with Gasteiger partial charge < -0.3 is 9.73 Å². The summed E-state index contributed by atoms with van der Waals surface area (Å²) in [5.41, 5.74) is 1.73. The molecule has 4 rings (SSSR count). The maximum Gasteiger partial charge on any atom is 0.224 e. The molecular weight excluding hydrogens is 316 g/mol. The van der Waals surface area contributed by atoms with Crippen molar-refractivity contribution in [2.45, 2.75) is 19.4 Å². The third-order valence-corrected chi connectivity index (χ3v) is 4.24. The SMILES string of the molecule is O=C(Cc1coc2ccc3ccccc3c12)NCCCn1cncn1. The molecule has 6 nitrogen and oxygen atoms in total. The lowest BCUT2D eigenvalue weighted by molar-refractivity contribution is -0.120. The Morgan fingerprint density at radius 3 is 3.00 bits per heavy atom. The summed E-state index contributed by atoms with van der Waals surface area (Å²) in [5, 5.41) is 10.3. The van der Waals surface area contributed by atoms with Gasteiger partial charge in [-0.05, 0) is 23.3 Å². The zero-order valence-electron chi connectivity index (χ0n) is 13.7. The second-order valence-electron chi connectivity index (χ2n) is 5.96. The first-order valence-corrected chi connectivity index (χ1v) is 8.28. The number of amides is 1. The largest absolute Gasteiger partial charge is 0.464 e. The van der Waals surface area contributed by atoms with Crippen LogP contribution in [-0.4, -0.2) is 27.2 Å². The standard InChI is InChI=1S/C19H18N4O2/c24-18(21-8-3-9-23-13-20-12-22-23)10-15-11-25-17-7-6-14-4-1-2-5-16(14)19(15)17/h1-2,4-7,11-13H,3,8-10H2,(H,21,24). The van der Waals surface area contributed by atoms with Gasteiger partial charge >= 0.3 is 0 Å². The monoisotopic (exact) mass is 334 g/mol. The predicted octanol–water partition coefficient (Wildman–Crippen LogP) is 2.93. The van der Waals surface area contributed by atoms with Crippen molar-refractivity contribution in [2.24, 2.45) is 0 Å². The highest BCUT2D eigenvalue weighted by Gasteiger charge is 2.12. The normalized spacial score (nSPS) is 11.2. The zero-order chi connectivity index (χ0) is 17.1. The molecule has 6 heteroatoms. The van der Waals surface area contributed by atoms with E-state index in [9.17, 15) is 4.79 Å². The highest BCUT2D eigenvalue weighted by atomic mass is 16.3. The van der Waals surface area contributed by atoms with Gasteiger partial charge in [-0.15, -0.1) is 0 Å². The molecule has 0 saturated heterocycles. The summed E-state index contributed by atoms with van der Waals surface area (Å²) in [7, 11) is 0. The lowest BCUT2D eigenvalue weighted by Gasteiger charge is -2.05. The Kier molecular flexibility index (Phi) is 4.16. The Hall–Kier alpha value is -3.15. The fourth-order valence-electron chi connectivity index (χ4n) is 3.06. The second-order valence-corrected chi connectivity index (χ2v) is 5.96. The van der Waals surface area contributed by atoms with Crippen LogP contribution in [0.25, 0.3) is 21.7 Å². The smallest absolute Gasteiger partial charge is 0.224 e. The highest BCUT2D eigenvalue weighted by Crippen LogP contribution is 2.30. The minimum atomic E-state index is -0.00535. The van der Waals surface area contributed by atoms with Crippen molar-refractivity contribution in [3.05, 3.63) is 60.9 Å². The number of hydrogen-bond acceptors (Lipinski definition) is 4. The molecule has 0 radical (unpaired) electrons. The maximum absolute atomic E-state index is 12.3. The molecule has 0 spiro atoms. The highest BCUT2D eigenvalue weighted by molar-refractivity contribution is 6.08. The number of carbonyl (C=O) groups is 1. The number of nitrogens with zero attached hydrogens (tertiary/aromatic N) is 3. The van der Waals surface area contributed by atoms with Crippen LogP contribution in [0.2, 0.25) is 0 Å². The summed E-state index contributed by atoms with van der Waals surface area (Å²) in [6.45, 7) is 1.34. The molecular formula is C19H18N4O2. The van der Waals surface area contributed by atoms with Gasteiger partial charge in [0, 0.05) is 24.0 Å². The van der Waals surface area contributed by atoms with Crippen LogP contribution in [0.4, 0.5) is 0 Å². The first-order valence-electron chi connectivity index (χ1n) is 8.28. The van der Waals surface area contributed by atoms with Crippen molar-refractivity contribution in [1.29, 1.82) is 0 Å². The molecule has 25 heavy (non-hydrogen) atoms. The van der Waals surface area contributed by atoms with Crippen LogP contribution in [0.1, 0.15) is 12.0 Å². The molecule has 2 heterocycles. The van der Waals surface area contributed by atoms with E-state index in [-0.39, 0.29) is 5.91 Å². The lowest BCUT2D eigenvalue weighted by atomic mass is 10.0. The van der Waals surface area contributed by atoms with Crippen molar-refractivity contribution >= 4 is 27.6 Å². The van der Waals surface area contributed by atoms with E-state index in [0.717, 1.165) is 40.3 Å². The third kappa shape index (κ3) is 3.24. The molecule has 0 unspecified atom stereocenters. The average Bonchev–Trinajstić information content (AvgIpc) is 3.29. The molecule has 0 atom stereocenters. The summed E-state index contributed by atoms with van der Waals surface area (Å²) in [4.78, 5) is 16.2. The molecule has 4 aromatic rings. The molecule has 0 saturated carbocycles. The van der Waals surface area contributed by atoms with Crippen LogP contribution in [0.15, 0.2) is 59.7 Å². The minimum Gasteiger partial charge on any atom is -0.464 e. The quantitative estimate of drug-likeness (QED) is 0.550. The molecule has 2 aromatic carbocycles. The summed E-state index contributed by atoms with van der Waals surface area (Å²) in [5.74, 6) is -0.00535. The molecule has 0 aliphatic carbocycles. The van der Waals surface area contributed by atoms with Gasteiger partial charge in [0.2, 0.25) is 5.91 Å². The van der Waals surface area contributed by atoms with E-state index in [2.05, 4.69) is 27.5 Å². The first kappa shape index (κ1) is 15.4. The fourth-order valence-corrected chi connectivity index (χ4v) is 3.06. The van der Waals surface area contributed by atoms with Gasteiger partial charge in [-0.3, -0.25) is 9.48 Å². The molecule has 0 bridgehead atoms. The third-order valence-electron chi connectivity index (χ3n) is 4.24. The van der Waals surface area contributed by atoms with Gasteiger partial charge in [0.25, 0.3) is 0 Å². The number of fused-ring (bicyclic) bond motifs is 3. The first-order chi connectivity index (χ1) is 12.3. The van der Waals surface area contributed by atoms with Crippen molar-refractivity contribution in [2.75, 3.05) is 6.54 Å². The van der Waals surface area contributed by atoms with E-state index < -0.39 is 0 Å². The summed E-state index contributed by atoms with van der Waals surface area (Å²) >= 11 is 0. The minimum absolute atomic E-state index is 0.00535. The maximum atomic E-state index is 12.3. The van der Waals surface area contributed by atoms with E-state index in [1.54, 1.807) is 17.3 Å². The van der Waals surface area contributed by atoms with Crippen LogP contribution in [-0.2, 0) is 17.8 Å². The Labute approximate surface area is 144 Å². The second kappa shape index (κ2) is 6.76. The van der Waals surface area contributed by atoms with E-state index in [0.29, 0.717) is 13.0 Å². The predicted molar refractivity (Wildman–Crippen MR) is 95.1 cm³/mol. The van der Waals surface area contributed by atoms with Crippen molar-refractivity contribution in [1.82, 2.24) is 20.1 Å². The number of carbonyl (C=O) groups excluding carboxylic acids is 1. The number of rotatable bonds is 6. The number of aromatic nitrogens is 3. The molecule has 0 fully saturated rings. The van der Waals surface area contributed by atoms with E-state index >= 15 is 0 Å². The lowest BCUT2D eigenvalue weighted by Crippen LogP contribution is -2.26. The number of furan rings is 1. The van der Waals surface area contributed by atoms with E-state index in [1.807, 2.05) is 24.3 Å². The molecule has 126 valence electrons. The Balaban J connectivity index is 1.43. The van der Waals surface area contributed by atoms with Gasteiger partial charge in [0.1, 0.15) is 18.2 Å². The van der Waals surface area contributed by atoms with Gasteiger partial charge in [-0.1, -0.05) is 30.3 Å². The number of hydrogen-bond donors (Lipinski definition) is 1. The molecule has 0 aliphatic rings. The summed E-state index contributed by atoms with van der Waals surface area (Å²) < 4.78 is 7.39. The average molecular weight is 334 g/mol. The van der Waals surface area contributed by atoms with Crippen LogP contribution >= 0.6 is 0 Å². The van der Waals surface area contributed by atoms with Crippen LogP contribution in [0, 0.1) is 0 Å².